The Morgan fingerprint density at radius 3 is 2.40 bits per heavy atom. The number of amides is 2. The van der Waals surface area contributed by atoms with E-state index in [1.807, 2.05) is 30.3 Å². The first-order valence-corrected chi connectivity index (χ1v) is 12.0. The number of rotatable bonds is 9. The highest BCUT2D eigenvalue weighted by atomic mass is 35.5. The third-order valence-electron chi connectivity index (χ3n) is 4.84. The van der Waals surface area contributed by atoms with Crippen LogP contribution in [0.2, 0.25) is 20.1 Å². The van der Waals surface area contributed by atoms with Crippen molar-refractivity contribution in [1.29, 1.82) is 0 Å². The molecule has 35 heavy (non-hydrogen) atoms. The highest BCUT2D eigenvalue weighted by molar-refractivity contribution is 6.43. The Morgan fingerprint density at radius 1 is 0.943 bits per heavy atom. The van der Waals surface area contributed by atoms with Crippen LogP contribution >= 0.6 is 46.4 Å². The predicted molar refractivity (Wildman–Crippen MR) is 141 cm³/mol. The first-order chi connectivity index (χ1) is 16.7. The van der Waals surface area contributed by atoms with E-state index in [-0.39, 0.29) is 11.4 Å². The third kappa shape index (κ3) is 7.87. The monoisotopic (exact) mass is 551 g/mol. The number of benzene rings is 3. The zero-order valence-electron chi connectivity index (χ0n) is 18.5. The van der Waals surface area contributed by atoms with Crippen molar-refractivity contribution in [2.24, 2.45) is 5.10 Å². The van der Waals surface area contributed by atoms with Gasteiger partial charge in [0.2, 0.25) is 0 Å². The molecule has 3 aromatic carbocycles. The molecule has 3 aromatic rings. The molecule has 182 valence electrons. The third-order valence-corrected chi connectivity index (χ3v) is 6.21. The molecule has 0 bridgehead atoms. The summed E-state index contributed by atoms with van der Waals surface area (Å²) in [5.74, 6) is -0.729. The zero-order chi connectivity index (χ0) is 25.4. The summed E-state index contributed by atoms with van der Waals surface area (Å²) in [5.41, 5.74) is 3.83. The van der Waals surface area contributed by atoms with Gasteiger partial charge in [0.05, 0.1) is 21.3 Å². The van der Waals surface area contributed by atoms with Crippen molar-refractivity contribution in [3.05, 3.63) is 97.9 Å². The number of ether oxygens (including phenoxy) is 1. The quantitative estimate of drug-likeness (QED) is 0.254. The van der Waals surface area contributed by atoms with Crippen LogP contribution in [0.15, 0.2) is 71.8 Å². The fourth-order valence-electron chi connectivity index (χ4n) is 3.03. The molecule has 6 nitrogen and oxygen atoms in total. The van der Waals surface area contributed by atoms with Crippen LogP contribution in [0.3, 0.4) is 0 Å². The molecule has 2 amide bonds. The van der Waals surface area contributed by atoms with E-state index in [2.05, 4.69) is 15.8 Å². The summed E-state index contributed by atoms with van der Waals surface area (Å²) in [6.45, 7) is 1.55. The van der Waals surface area contributed by atoms with Gasteiger partial charge in [0.25, 0.3) is 11.8 Å². The minimum Gasteiger partial charge on any atom is -0.479 e. The highest BCUT2D eigenvalue weighted by Crippen LogP contribution is 2.28. The Kier molecular flexibility index (Phi) is 9.81. The van der Waals surface area contributed by atoms with E-state index in [4.69, 9.17) is 51.1 Å². The van der Waals surface area contributed by atoms with Crippen LogP contribution in [0, 0.1) is 0 Å². The average Bonchev–Trinajstić information content (AvgIpc) is 2.83. The topological polar surface area (TPSA) is 79.8 Å². The van der Waals surface area contributed by atoms with E-state index in [1.165, 1.54) is 12.3 Å². The van der Waals surface area contributed by atoms with Gasteiger partial charge in [-0.2, -0.15) is 5.10 Å². The highest BCUT2D eigenvalue weighted by Gasteiger charge is 2.25. The summed E-state index contributed by atoms with van der Waals surface area (Å²) < 4.78 is 5.66. The lowest BCUT2D eigenvalue weighted by Crippen LogP contribution is -2.50. The summed E-state index contributed by atoms with van der Waals surface area (Å²) in [7, 11) is 0. The molecule has 0 radical (unpaired) electrons. The van der Waals surface area contributed by atoms with Crippen molar-refractivity contribution in [1.82, 2.24) is 10.7 Å². The molecule has 0 fully saturated rings. The second-order valence-corrected chi connectivity index (χ2v) is 9.09. The molecule has 3 rings (SSSR count). The van der Waals surface area contributed by atoms with Gasteiger partial charge in [0.15, 0.2) is 6.10 Å². The number of hydrazone groups is 1. The smallest absolute Gasteiger partial charge is 0.262 e. The molecule has 10 heteroatoms. The maximum absolute atomic E-state index is 12.9. The molecule has 0 unspecified atom stereocenters. The maximum atomic E-state index is 12.9. The molecule has 0 aromatic heterocycles. The van der Waals surface area contributed by atoms with E-state index in [0.717, 1.165) is 5.56 Å². The maximum Gasteiger partial charge on any atom is 0.262 e. The molecular formula is C25H21Cl4N3O3. The first kappa shape index (κ1) is 26.8. The lowest BCUT2D eigenvalue weighted by molar-refractivity contribution is -0.132. The van der Waals surface area contributed by atoms with Crippen molar-refractivity contribution < 1.29 is 14.3 Å². The molecule has 2 atom stereocenters. The SMILES string of the molecule is C[C@H](Oc1ccc(Cl)cc1Cl)C(=O)N[C@H](Cc1ccccc1)C(=O)N/N=C\c1cccc(Cl)c1Cl. The molecule has 0 spiro atoms. The van der Waals surface area contributed by atoms with Crippen molar-refractivity contribution >= 4 is 64.4 Å². The number of carbonyl (C=O) groups excluding carboxylic acids is 2. The summed E-state index contributed by atoms with van der Waals surface area (Å²) >= 11 is 24.2. The van der Waals surface area contributed by atoms with Crippen LogP contribution in [-0.2, 0) is 16.0 Å². The number of hydrogen-bond donors (Lipinski definition) is 2. The first-order valence-electron chi connectivity index (χ1n) is 10.5. The van der Waals surface area contributed by atoms with Crippen LogP contribution < -0.4 is 15.5 Å². The second kappa shape index (κ2) is 12.8. The standard InChI is InChI=1S/C25H21Cl4N3O3/c1-15(35-22-11-10-18(26)13-20(22)28)24(33)31-21(12-16-6-3-2-4-7-16)25(34)32-30-14-17-8-5-9-19(27)23(17)29/h2-11,13-15,21H,12H2,1H3,(H,31,33)(H,32,34)/b30-14-/t15-,21+/m0/s1. The number of hydrogen-bond acceptors (Lipinski definition) is 4. The van der Waals surface area contributed by atoms with Crippen LogP contribution in [-0.4, -0.2) is 30.2 Å². The largest absolute Gasteiger partial charge is 0.479 e. The average molecular weight is 553 g/mol. The number of carbonyl (C=O) groups is 2. The molecule has 0 aliphatic carbocycles. The Labute approximate surface area is 223 Å². The lowest BCUT2D eigenvalue weighted by Gasteiger charge is -2.21. The van der Waals surface area contributed by atoms with E-state index in [9.17, 15) is 9.59 Å². The fourth-order valence-corrected chi connectivity index (χ4v) is 3.84. The van der Waals surface area contributed by atoms with Gasteiger partial charge in [-0.25, -0.2) is 5.43 Å². The summed E-state index contributed by atoms with van der Waals surface area (Å²) in [6.07, 6.45) is 0.677. The summed E-state index contributed by atoms with van der Waals surface area (Å²) in [6, 6.07) is 18.1. The Hall–Kier alpha value is -2.77. The summed E-state index contributed by atoms with van der Waals surface area (Å²) in [4.78, 5) is 25.8. The Morgan fingerprint density at radius 2 is 1.69 bits per heavy atom. The van der Waals surface area contributed by atoms with Crippen LogP contribution in [0.25, 0.3) is 0 Å². The van der Waals surface area contributed by atoms with Gasteiger partial charge in [0, 0.05) is 17.0 Å². The molecule has 0 saturated heterocycles. The van der Waals surface area contributed by atoms with Crippen molar-refractivity contribution in [3.8, 4) is 5.75 Å². The summed E-state index contributed by atoms with van der Waals surface area (Å²) in [5, 5.41) is 8.08. The second-order valence-electron chi connectivity index (χ2n) is 7.46. The molecule has 0 saturated carbocycles. The van der Waals surface area contributed by atoms with E-state index < -0.39 is 24.0 Å². The number of nitrogens with zero attached hydrogens (tertiary/aromatic N) is 1. The lowest BCUT2D eigenvalue weighted by atomic mass is 10.1. The number of nitrogens with one attached hydrogen (secondary N) is 2. The van der Waals surface area contributed by atoms with Gasteiger partial charge >= 0.3 is 0 Å². The normalized spacial score (nSPS) is 12.7. The molecule has 0 aliphatic heterocycles. The van der Waals surface area contributed by atoms with Gasteiger partial charge in [-0.1, -0.05) is 88.9 Å². The van der Waals surface area contributed by atoms with Crippen LogP contribution in [0.4, 0.5) is 0 Å². The molecule has 0 aliphatic rings. The van der Waals surface area contributed by atoms with Crippen molar-refractivity contribution in [2.75, 3.05) is 0 Å². The van der Waals surface area contributed by atoms with Gasteiger partial charge in [-0.3, -0.25) is 9.59 Å². The van der Waals surface area contributed by atoms with Gasteiger partial charge in [0.1, 0.15) is 11.8 Å². The molecule has 0 heterocycles. The van der Waals surface area contributed by atoms with Crippen molar-refractivity contribution in [2.45, 2.75) is 25.5 Å². The van der Waals surface area contributed by atoms with Crippen LogP contribution in [0.1, 0.15) is 18.1 Å². The van der Waals surface area contributed by atoms with Gasteiger partial charge in [-0.05, 0) is 36.8 Å². The minimum absolute atomic E-state index is 0.236. The van der Waals surface area contributed by atoms with Gasteiger partial charge < -0.3 is 10.1 Å². The van der Waals surface area contributed by atoms with Crippen LogP contribution in [0.5, 0.6) is 5.75 Å². The zero-order valence-corrected chi connectivity index (χ0v) is 21.5. The van der Waals surface area contributed by atoms with Gasteiger partial charge in [-0.15, -0.1) is 0 Å². The van der Waals surface area contributed by atoms with E-state index in [0.29, 0.717) is 26.4 Å². The number of halogens is 4. The predicted octanol–water partition coefficient (Wildman–Crippen LogP) is 5.95. The molecular weight excluding hydrogens is 532 g/mol. The van der Waals surface area contributed by atoms with Crippen molar-refractivity contribution in [3.63, 3.8) is 0 Å². The Balaban J connectivity index is 1.70. The minimum atomic E-state index is -0.937. The molecule has 2 N–H and O–H groups in total. The van der Waals surface area contributed by atoms with E-state index in [1.54, 1.807) is 37.3 Å². The fraction of sp³-hybridized carbons (Fsp3) is 0.160. The van der Waals surface area contributed by atoms with E-state index >= 15 is 0 Å². The Bertz CT molecular complexity index is 1220.